The van der Waals surface area contributed by atoms with Gasteiger partial charge in [0.15, 0.2) is 0 Å². The SMILES string of the molecule is CCCC(O)c1cc(CC)c2c(c1)C(NC(C)=O)CCO2. The zero-order valence-electron chi connectivity index (χ0n) is 13.1. The van der Waals surface area contributed by atoms with Crippen LogP contribution in [0.4, 0.5) is 0 Å². The number of carbonyl (C=O) groups is 1. The summed E-state index contributed by atoms with van der Waals surface area (Å²) >= 11 is 0. The van der Waals surface area contributed by atoms with Crippen molar-refractivity contribution in [3.63, 3.8) is 0 Å². The minimum Gasteiger partial charge on any atom is -0.493 e. The number of fused-ring (bicyclic) bond motifs is 1. The van der Waals surface area contributed by atoms with Crippen LogP contribution in [0.3, 0.4) is 0 Å². The highest BCUT2D eigenvalue weighted by atomic mass is 16.5. The molecule has 0 saturated heterocycles. The molecule has 1 amide bonds. The van der Waals surface area contributed by atoms with E-state index in [1.165, 1.54) is 6.92 Å². The third-order valence-corrected chi connectivity index (χ3v) is 3.95. The van der Waals surface area contributed by atoms with Crippen LogP contribution in [0, 0.1) is 0 Å². The molecule has 1 aliphatic heterocycles. The summed E-state index contributed by atoms with van der Waals surface area (Å²) in [7, 11) is 0. The Morgan fingerprint density at radius 2 is 2.24 bits per heavy atom. The molecule has 0 radical (unpaired) electrons. The molecule has 1 aliphatic rings. The van der Waals surface area contributed by atoms with Crippen LogP contribution in [-0.4, -0.2) is 17.6 Å². The smallest absolute Gasteiger partial charge is 0.217 e. The molecule has 0 saturated carbocycles. The summed E-state index contributed by atoms with van der Waals surface area (Å²) in [6, 6.07) is 4.01. The van der Waals surface area contributed by atoms with Crippen molar-refractivity contribution < 1.29 is 14.6 Å². The molecule has 0 bridgehead atoms. The Hall–Kier alpha value is -1.55. The van der Waals surface area contributed by atoms with Gasteiger partial charge in [-0.05, 0) is 36.1 Å². The van der Waals surface area contributed by atoms with Gasteiger partial charge in [-0.15, -0.1) is 0 Å². The topological polar surface area (TPSA) is 58.6 Å². The van der Waals surface area contributed by atoms with E-state index < -0.39 is 6.10 Å². The molecule has 2 N–H and O–H groups in total. The van der Waals surface area contributed by atoms with Crippen molar-refractivity contribution in [3.05, 3.63) is 28.8 Å². The summed E-state index contributed by atoms with van der Waals surface area (Å²) in [6.07, 6.45) is 2.84. The first-order chi connectivity index (χ1) is 10.1. The van der Waals surface area contributed by atoms with Gasteiger partial charge in [0.2, 0.25) is 5.91 Å². The van der Waals surface area contributed by atoms with Crippen molar-refractivity contribution in [1.29, 1.82) is 0 Å². The number of hydrogen-bond acceptors (Lipinski definition) is 3. The normalized spacial score (nSPS) is 18.6. The van der Waals surface area contributed by atoms with E-state index in [0.29, 0.717) is 6.61 Å². The van der Waals surface area contributed by atoms with Crippen molar-refractivity contribution in [2.75, 3.05) is 6.61 Å². The Kier molecular flexibility index (Phi) is 5.23. The fraction of sp³-hybridized carbons (Fsp3) is 0.588. The maximum Gasteiger partial charge on any atom is 0.217 e. The molecule has 1 aromatic rings. The van der Waals surface area contributed by atoms with Gasteiger partial charge in [0.05, 0.1) is 18.8 Å². The molecule has 4 heteroatoms. The lowest BCUT2D eigenvalue weighted by Crippen LogP contribution is -2.31. The monoisotopic (exact) mass is 291 g/mol. The van der Waals surface area contributed by atoms with E-state index in [9.17, 15) is 9.90 Å². The van der Waals surface area contributed by atoms with Crippen molar-refractivity contribution >= 4 is 5.91 Å². The Morgan fingerprint density at radius 3 is 2.86 bits per heavy atom. The Bertz CT molecular complexity index is 513. The number of ether oxygens (including phenoxy) is 1. The van der Waals surface area contributed by atoms with E-state index in [1.54, 1.807) is 0 Å². The highest BCUT2D eigenvalue weighted by Crippen LogP contribution is 2.38. The van der Waals surface area contributed by atoms with Crippen molar-refractivity contribution in [2.24, 2.45) is 0 Å². The van der Waals surface area contributed by atoms with E-state index >= 15 is 0 Å². The predicted molar refractivity (Wildman–Crippen MR) is 82.4 cm³/mol. The van der Waals surface area contributed by atoms with E-state index in [2.05, 4.69) is 19.2 Å². The summed E-state index contributed by atoms with van der Waals surface area (Å²) in [6.45, 7) is 6.29. The molecule has 2 unspecified atom stereocenters. The minimum atomic E-state index is -0.453. The van der Waals surface area contributed by atoms with Gasteiger partial charge in [-0.25, -0.2) is 0 Å². The zero-order valence-corrected chi connectivity index (χ0v) is 13.1. The molecular formula is C17H25NO3. The Morgan fingerprint density at radius 1 is 1.48 bits per heavy atom. The fourth-order valence-electron chi connectivity index (χ4n) is 2.90. The highest BCUT2D eigenvalue weighted by molar-refractivity contribution is 5.73. The predicted octanol–water partition coefficient (Wildman–Crippen LogP) is 3.04. The van der Waals surface area contributed by atoms with E-state index in [-0.39, 0.29) is 11.9 Å². The van der Waals surface area contributed by atoms with Crippen molar-refractivity contribution in [3.8, 4) is 5.75 Å². The summed E-state index contributed by atoms with van der Waals surface area (Å²) < 4.78 is 5.82. The van der Waals surface area contributed by atoms with Crippen LogP contribution in [0.5, 0.6) is 5.75 Å². The van der Waals surface area contributed by atoms with Crippen LogP contribution in [0.15, 0.2) is 12.1 Å². The van der Waals surface area contributed by atoms with Gasteiger partial charge >= 0.3 is 0 Å². The number of aliphatic hydroxyl groups is 1. The molecule has 2 atom stereocenters. The largest absolute Gasteiger partial charge is 0.493 e. The number of carbonyl (C=O) groups excluding carboxylic acids is 1. The second-order valence-electron chi connectivity index (χ2n) is 5.65. The fourth-order valence-corrected chi connectivity index (χ4v) is 2.90. The number of amides is 1. The second-order valence-corrected chi connectivity index (χ2v) is 5.65. The number of rotatable bonds is 5. The first kappa shape index (κ1) is 15.8. The molecule has 116 valence electrons. The third kappa shape index (κ3) is 3.56. The summed E-state index contributed by atoms with van der Waals surface area (Å²) in [5.41, 5.74) is 3.03. The standard InChI is InChI=1S/C17H25NO3/c1-4-6-16(20)13-9-12(5-2)17-14(10-13)15(7-8-21-17)18-11(3)19/h9-10,15-16,20H,4-8H2,1-3H3,(H,18,19). The van der Waals surface area contributed by atoms with Crippen LogP contribution >= 0.6 is 0 Å². The number of aryl methyl sites for hydroxylation is 1. The van der Waals surface area contributed by atoms with Crippen LogP contribution in [0.25, 0.3) is 0 Å². The van der Waals surface area contributed by atoms with Gasteiger partial charge < -0.3 is 15.2 Å². The average Bonchev–Trinajstić information content (AvgIpc) is 2.46. The molecule has 1 heterocycles. The Balaban J connectivity index is 2.42. The number of hydrogen-bond donors (Lipinski definition) is 2. The van der Waals surface area contributed by atoms with Gasteiger partial charge in [-0.2, -0.15) is 0 Å². The number of benzene rings is 1. The van der Waals surface area contributed by atoms with Crippen LogP contribution < -0.4 is 10.1 Å². The number of aliphatic hydroxyl groups excluding tert-OH is 1. The van der Waals surface area contributed by atoms with Gasteiger partial charge in [-0.1, -0.05) is 20.3 Å². The van der Waals surface area contributed by atoms with Gasteiger partial charge in [0.25, 0.3) is 0 Å². The lowest BCUT2D eigenvalue weighted by atomic mass is 9.91. The lowest BCUT2D eigenvalue weighted by molar-refractivity contribution is -0.119. The first-order valence-electron chi connectivity index (χ1n) is 7.81. The van der Waals surface area contributed by atoms with Gasteiger partial charge in [0.1, 0.15) is 5.75 Å². The lowest BCUT2D eigenvalue weighted by Gasteiger charge is -2.29. The van der Waals surface area contributed by atoms with Crippen LogP contribution in [0.1, 0.15) is 68.9 Å². The summed E-state index contributed by atoms with van der Waals surface area (Å²) in [5, 5.41) is 13.3. The molecule has 0 aliphatic carbocycles. The van der Waals surface area contributed by atoms with E-state index in [0.717, 1.165) is 48.1 Å². The molecule has 0 fully saturated rings. The Labute approximate surface area is 126 Å². The summed E-state index contributed by atoms with van der Waals surface area (Å²) in [4.78, 5) is 11.4. The van der Waals surface area contributed by atoms with Crippen LogP contribution in [-0.2, 0) is 11.2 Å². The van der Waals surface area contributed by atoms with Crippen molar-refractivity contribution in [2.45, 2.75) is 58.6 Å². The van der Waals surface area contributed by atoms with Gasteiger partial charge in [0, 0.05) is 18.9 Å². The average molecular weight is 291 g/mol. The quantitative estimate of drug-likeness (QED) is 0.876. The van der Waals surface area contributed by atoms with Crippen molar-refractivity contribution in [1.82, 2.24) is 5.32 Å². The maximum absolute atomic E-state index is 11.4. The third-order valence-electron chi connectivity index (χ3n) is 3.95. The molecular weight excluding hydrogens is 266 g/mol. The van der Waals surface area contributed by atoms with Gasteiger partial charge in [-0.3, -0.25) is 4.79 Å². The molecule has 4 nitrogen and oxygen atoms in total. The summed E-state index contributed by atoms with van der Waals surface area (Å²) in [5.74, 6) is 0.848. The molecule has 1 aromatic carbocycles. The molecule has 0 aromatic heterocycles. The zero-order chi connectivity index (χ0) is 15.4. The van der Waals surface area contributed by atoms with E-state index in [4.69, 9.17) is 4.74 Å². The maximum atomic E-state index is 11.4. The molecule has 21 heavy (non-hydrogen) atoms. The highest BCUT2D eigenvalue weighted by Gasteiger charge is 2.26. The minimum absolute atomic E-state index is 0.0228. The first-order valence-corrected chi connectivity index (χ1v) is 7.81. The molecule has 2 rings (SSSR count). The van der Waals surface area contributed by atoms with E-state index in [1.807, 2.05) is 12.1 Å². The molecule has 0 spiro atoms. The second kappa shape index (κ2) is 6.94. The van der Waals surface area contributed by atoms with Crippen LogP contribution in [0.2, 0.25) is 0 Å². The number of nitrogens with one attached hydrogen (secondary N) is 1.